The van der Waals surface area contributed by atoms with Gasteiger partial charge in [0.2, 0.25) is 5.89 Å². The van der Waals surface area contributed by atoms with Crippen LogP contribution in [0.15, 0.2) is 28.8 Å². The fraction of sp³-hybridized carbons (Fsp3) is 0.429. The van der Waals surface area contributed by atoms with Crippen molar-refractivity contribution in [1.82, 2.24) is 15.5 Å². The topological polar surface area (TPSA) is 51.0 Å². The molecule has 20 heavy (non-hydrogen) atoms. The molecule has 108 valence electrons. The summed E-state index contributed by atoms with van der Waals surface area (Å²) in [5.74, 6) is 1.46. The lowest BCUT2D eigenvalue weighted by Gasteiger charge is -2.18. The maximum absolute atomic E-state index is 12.8. The molecule has 0 spiro atoms. The second-order valence-corrected chi connectivity index (χ2v) is 4.90. The van der Waals surface area contributed by atoms with Crippen molar-refractivity contribution < 1.29 is 8.91 Å². The van der Waals surface area contributed by atoms with Crippen LogP contribution in [0.5, 0.6) is 0 Å². The Morgan fingerprint density at radius 3 is 2.80 bits per heavy atom. The van der Waals surface area contributed by atoms with E-state index >= 15 is 0 Å². The van der Waals surface area contributed by atoms with Crippen LogP contribution >= 0.6 is 12.4 Å². The van der Waals surface area contributed by atoms with Crippen molar-refractivity contribution in [3.05, 3.63) is 47.4 Å². The molecule has 2 aromatic rings. The predicted molar refractivity (Wildman–Crippen MR) is 75.6 cm³/mol. The van der Waals surface area contributed by atoms with Crippen molar-refractivity contribution in [3.8, 4) is 0 Å². The van der Waals surface area contributed by atoms with E-state index in [0.717, 1.165) is 31.5 Å². The Morgan fingerprint density at radius 1 is 1.30 bits per heavy atom. The van der Waals surface area contributed by atoms with Gasteiger partial charge in [-0.3, -0.25) is 0 Å². The molecule has 4 nitrogen and oxygen atoms in total. The van der Waals surface area contributed by atoms with E-state index in [4.69, 9.17) is 4.52 Å². The van der Waals surface area contributed by atoms with E-state index in [-0.39, 0.29) is 18.2 Å². The standard InChI is InChI=1S/C14H16FN3O.ClH/c15-12-5-3-10(4-6-12)8-13-17-14(19-18-13)11-2-1-7-16-9-11;/h3-6,11,16H,1-2,7-9H2;1H. The Bertz CT molecular complexity index is 538. The number of benzene rings is 1. The number of aromatic nitrogens is 2. The second-order valence-electron chi connectivity index (χ2n) is 4.90. The van der Waals surface area contributed by atoms with Gasteiger partial charge in [-0.25, -0.2) is 4.39 Å². The van der Waals surface area contributed by atoms with Crippen LogP contribution in [0.4, 0.5) is 4.39 Å². The van der Waals surface area contributed by atoms with Gasteiger partial charge in [-0.2, -0.15) is 4.98 Å². The maximum Gasteiger partial charge on any atom is 0.231 e. The normalized spacial score (nSPS) is 18.6. The number of nitrogens with one attached hydrogen (secondary N) is 1. The Kier molecular flexibility index (Phi) is 5.09. The van der Waals surface area contributed by atoms with E-state index in [0.29, 0.717) is 24.1 Å². The first-order valence-corrected chi connectivity index (χ1v) is 6.59. The molecule has 0 bridgehead atoms. The van der Waals surface area contributed by atoms with Gasteiger partial charge in [0.25, 0.3) is 0 Å². The molecular weight excluding hydrogens is 281 g/mol. The minimum atomic E-state index is -0.231. The quantitative estimate of drug-likeness (QED) is 0.946. The van der Waals surface area contributed by atoms with Crippen LogP contribution in [-0.2, 0) is 6.42 Å². The zero-order valence-corrected chi connectivity index (χ0v) is 11.8. The SMILES string of the molecule is Cl.Fc1ccc(Cc2noc(C3CCCNC3)n2)cc1. The molecule has 2 heterocycles. The molecule has 1 aromatic carbocycles. The average molecular weight is 298 g/mol. The van der Waals surface area contributed by atoms with Crippen molar-refractivity contribution >= 4 is 12.4 Å². The smallest absolute Gasteiger partial charge is 0.231 e. The maximum atomic E-state index is 12.8. The summed E-state index contributed by atoms with van der Waals surface area (Å²) in [6.07, 6.45) is 2.80. The van der Waals surface area contributed by atoms with E-state index in [9.17, 15) is 4.39 Å². The summed E-state index contributed by atoms with van der Waals surface area (Å²) >= 11 is 0. The van der Waals surface area contributed by atoms with E-state index in [1.807, 2.05) is 0 Å². The molecule has 0 amide bonds. The molecule has 1 saturated heterocycles. The molecule has 1 fully saturated rings. The van der Waals surface area contributed by atoms with Gasteiger partial charge in [-0.15, -0.1) is 12.4 Å². The molecule has 1 aliphatic heterocycles. The molecule has 1 unspecified atom stereocenters. The highest BCUT2D eigenvalue weighted by atomic mass is 35.5. The molecule has 1 aliphatic rings. The highest BCUT2D eigenvalue weighted by Crippen LogP contribution is 2.21. The van der Waals surface area contributed by atoms with Crippen LogP contribution in [0.2, 0.25) is 0 Å². The van der Waals surface area contributed by atoms with Crippen molar-refractivity contribution in [2.24, 2.45) is 0 Å². The lowest BCUT2D eigenvalue weighted by molar-refractivity contribution is 0.320. The third-order valence-electron chi connectivity index (χ3n) is 3.41. The summed E-state index contributed by atoms with van der Waals surface area (Å²) < 4.78 is 18.1. The Labute approximate surface area is 123 Å². The average Bonchev–Trinajstić information content (AvgIpc) is 2.91. The number of nitrogens with zero attached hydrogens (tertiary/aromatic N) is 2. The van der Waals surface area contributed by atoms with Crippen LogP contribution < -0.4 is 5.32 Å². The minimum Gasteiger partial charge on any atom is -0.339 e. The van der Waals surface area contributed by atoms with Gasteiger partial charge in [0, 0.05) is 13.0 Å². The lowest BCUT2D eigenvalue weighted by atomic mass is 10.00. The van der Waals surface area contributed by atoms with Crippen LogP contribution in [0.3, 0.4) is 0 Å². The van der Waals surface area contributed by atoms with Gasteiger partial charge >= 0.3 is 0 Å². The Hall–Kier alpha value is -1.46. The zero-order chi connectivity index (χ0) is 13.1. The van der Waals surface area contributed by atoms with Crippen LogP contribution in [0.1, 0.15) is 36.0 Å². The van der Waals surface area contributed by atoms with Crippen molar-refractivity contribution in [2.75, 3.05) is 13.1 Å². The number of hydrogen-bond acceptors (Lipinski definition) is 4. The van der Waals surface area contributed by atoms with Crippen LogP contribution in [0.25, 0.3) is 0 Å². The van der Waals surface area contributed by atoms with Gasteiger partial charge in [-0.1, -0.05) is 17.3 Å². The van der Waals surface area contributed by atoms with Gasteiger partial charge in [0.15, 0.2) is 5.82 Å². The van der Waals surface area contributed by atoms with E-state index in [2.05, 4.69) is 15.5 Å². The number of halogens is 2. The summed E-state index contributed by atoms with van der Waals surface area (Å²) in [5, 5.41) is 7.33. The molecule has 1 aromatic heterocycles. The third-order valence-corrected chi connectivity index (χ3v) is 3.41. The fourth-order valence-electron chi connectivity index (χ4n) is 2.35. The van der Waals surface area contributed by atoms with Gasteiger partial charge < -0.3 is 9.84 Å². The van der Waals surface area contributed by atoms with Crippen LogP contribution in [0, 0.1) is 5.82 Å². The second kappa shape index (κ2) is 6.81. The van der Waals surface area contributed by atoms with E-state index < -0.39 is 0 Å². The number of hydrogen-bond donors (Lipinski definition) is 1. The first-order valence-electron chi connectivity index (χ1n) is 6.59. The Balaban J connectivity index is 0.00000147. The summed E-state index contributed by atoms with van der Waals surface area (Å²) in [6.45, 7) is 1.96. The fourth-order valence-corrected chi connectivity index (χ4v) is 2.35. The van der Waals surface area contributed by atoms with Gasteiger partial charge in [0.1, 0.15) is 5.82 Å². The van der Waals surface area contributed by atoms with Gasteiger partial charge in [-0.05, 0) is 37.1 Å². The lowest BCUT2D eigenvalue weighted by Crippen LogP contribution is -2.28. The summed E-state index contributed by atoms with van der Waals surface area (Å²) in [7, 11) is 0. The molecule has 1 atom stereocenters. The monoisotopic (exact) mass is 297 g/mol. The summed E-state index contributed by atoms with van der Waals surface area (Å²) in [6, 6.07) is 6.38. The van der Waals surface area contributed by atoms with Gasteiger partial charge in [0.05, 0.1) is 5.92 Å². The molecule has 3 rings (SSSR count). The molecular formula is C14H17ClFN3O. The molecule has 1 N–H and O–H groups in total. The zero-order valence-electron chi connectivity index (χ0n) is 11.0. The van der Waals surface area contributed by atoms with E-state index in [1.165, 1.54) is 12.1 Å². The van der Waals surface area contributed by atoms with Crippen molar-refractivity contribution in [3.63, 3.8) is 0 Å². The Morgan fingerprint density at radius 2 is 2.10 bits per heavy atom. The minimum absolute atomic E-state index is 0. The summed E-state index contributed by atoms with van der Waals surface area (Å²) in [4.78, 5) is 4.44. The van der Waals surface area contributed by atoms with Crippen molar-refractivity contribution in [1.29, 1.82) is 0 Å². The number of rotatable bonds is 3. The molecule has 6 heteroatoms. The molecule has 0 aliphatic carbocycles. The highest BCUT2D eigenvalue weighted by molar-refractivity contribution is 5.85. The van der Waals surface area contributed by atoms with E-state index in [1.54, 1.807) is 12.1 Å². The third kappa shape index (κ3) is 3.55. The first kappa shape index (κ1) is 14.9. The largest absolute Gasteiger partial charge is 0.339 e. The van der Waals surface area contributed by atoms with Crippen LogP contribution in [-0.4, -0.2) is 23.2 Å². The predicted octanol–water partition coefficient (Wildman–Crippen LogP) is 2.69. The molecule has 0 saturated carbocycles. The summed E-state index contributed by atoms with van der Waals surface area (Å²) in [5.41, 5.74) is 0.982. The first-order chi connectivity index (χ1) is 9.31. The molecule has 0 radical (unpaired) electrons. The van der Waals surface area contributed by atoms with Crippen molar-refractivity contribution in [2.45, 2.75) is 25.2 Å². The highest BCUT2D eigenvalue weighted by Gasteiger charge is 2.21. The number of piperidine rings is 1.